The first-order chi connectivity index (χ1) is 9.19. The summed E-state index contributed by atoms with van der Waals surface area (Å²) in [6, 6.07) is 12.7. The summed E-state index contributed by atoms with van der Waals surface area (Å²) in [6.07, 6.45) is 0. The molecule has 0 unspecified atom stereocenters. The second-order valence-corrected chi connectivity index (χ2v) is 6.16. The van der Waals surface area contributed by atoms with E-state index in [0.29, 0.717) is 12.5 Å². The number of benzene rings is 1. The van der Waals surface area contributed by atoms with Gasteiger partial charge in [0.2, 0.25) is 0 Å². The van der Waals surface area contributed by atoms with Crippen LogP contribution >= 0.6 is 11.3 Å². The average Bonchev–Trinajstić information content (AvgIpc) is 2.85. The smallest absolute Gasteiger partial charge is 0.122 e. The number of nitrogens with one attached hydrogen (secondary N) is 1. The summed E-state index contributed by atoms with van der Waals surface area (Å²) in [4.78, 5) is 2.61. The average molecular weight is 275 g/mol. The summed E-state index contributed by atoms with van der Waals surface area (Å²) in [5, 5.41) is 3.16. The number of rotatable bonds is 6. The predicted octanol–water partition coefficient (Wildman–Crippen LogP) is 4.17. The van der Waals surface area contributed by atoms with Crippen LogP contribution in [0.3, 0.4) is 0 Å². The van der Waals surface area contributed by atoms with Crippen molar-refractivity contribution in [3.8, 4) is 5.75 Å². The van der Waals surface area contributed by atoms with E-state index in [2.05, 4.69) is 55.6 Å². The Hall–Kier alpha value is -1.32. The predicted molar refractivity (Wildman–Crippen MR) is 81.9 cm³/mol. The van der Waals surface area contributed by atoms with Gasteiger partial charge in [0.15, 0.2) is 0 Å². The number of hydrogen-bond acceptors (Lipinski definition) is 3. The van der Waals surface area contributed by atoms with Crippen LogP contribution in [0.25, 0.3) is 0 Å². The largest absolute Gasteiger partial charge is 0.488 e. The van der Waals surface area contributed by atoms with Crippen LogP contribution in [0.1, 0.15) is 35.1 Å². The Morgan fingerprint density at radius 1 is 1.05 bits per heavy atom. The molecule has 0 aliphatic heterocycles. The van der Waals surface area contributed by atoms with Gasteiger partial charge in [-0.1, -0.05) is 26.0 Å². The first kappa shape index (κ1) is 14.1. The van der Waals surface area contributed by atoms with Crippen molar-refractivity contribution in [1.29, 1.82) is 0 Å². The standard InChI is InChI=1S/C16H21NOS/c1-12(2)13-4-6-14(7-5-13)18-11-16-9-8-15(19-16)10-17-3/h4-9,12,17H,10-11H2,1-3H3. The Balaban J connectivity index is 1.90. The van der Waals surface area contributed by atoms with Crippen molar-refractivity contribution in [3.63, 3.8) is 0 Å². The fourth-order valence-corrected chi connectivity index (χ4v) is 2.82. The van der Waals surface area contributed by atoms with E-state index in [4.69, 9.17) is 4.74 Å². The molecule has 0 amide bonds. The van der Waals surface area contributed by atoms with Crippen LogP contribution in [0, 0.1) is 0 Å². The van der Waals surface area contributed by atoms with E-state index < -0.39 is 0 Å². The molecule has 19 heavy (non-hydrogen) atoms. The van der Waals surface area contributed by atoms with Crippen LogP contribution in [0.5, 0.6) is 5.75 Å². The third kappa shape index (κ3) is 4.08. The highest BCUT2D eigenvalue weighted by Crippen LogP contribution is 2.21. The molecule has 0 aliphatic rings. The molecule has 2 aromatic rings. The number of ether oxygens (including phenoxy) is 1. The lowest BCUT2D eigenvalue weighted by molar-refractivity contribution is 0.309. The van der Waals surface area contributed by atoms with Crippen LogP contribution in [-0.2, 0) is 13.2 Å². The second kappa shape index (κ2) is 6.73. The lowest BCUT2D eigenvalue weighted by Crippen LogP contribution is -2.02. The third-order valence-corrected chi connectivity index (χ3v) is 4.05. The molecular formula is C16H21NOS. The Morgan fingerprint density at radius 3 is 2.37 bits per heavy atom. The van der Waals surface area contributed by atoms with Gasteiger partial charge in [-0.25, -0.2) is 0 Å². The first-order valence-corrected chi connectivity index (χ1v) is 7.45. The highest BCUT2D eigenvalue weighted by atomic mass is 32.1. The van der Waals surface area contributed by atoms with Gasteiger partial charge in [-0.15, -0.1) is 11.3 Å². The third-order valence-electron chi connectivity index (χ3n) is 3.00. The van der Waals surface area contributed by atoms with E-state index in [-0.39, 0.29) is 0 Å². The van der Waals surface area contributed by atoms with Crippen LogP contribution in [0.15, 0.2) is 36.4 Å². The minimum absolute atomic E-state index is 0.565. The van der Waals surface area contributed by atoms with Gasteiger partial charge in [-0.3, -0.25) is 0 Å². The van der Waals surface area contributed by atoms with Gasteiger partial charge >= 0.3 is 0 Å². The SMILES string of the molecule is CNCc1ccc(COc2ccc(C(C)C)cc2)s1. The Kier molecular flexibility index (Phi) is 5.00. The number of hydrogen-bond donors (Lipinski definition) is 1. The van der Waals surface area contributed by atoms with Crippen molar-refractivity contribution < 1.29 is 4.74 Å². The minimum atomic E-state index is 0.565. The van der Waals surface area contributed by atoms with E-state index in [0.717, 1.165) is 12.3 Å². The molecule has 1 heterocycles. The molecule has 1 aromatic heterocycles. The zero-order valence-electron chi connectivity index (χ0n) is 11.8. The van der Waals surface area contributed by atoms with Crippen LogP contribution in [-0.4, -0.2) is 7.05 Å². The van der Waals surface area contributed by atoms with Crippen molar-refractivity contribution in [2.45, 2.75) is 32.9 Å². The van der Waals surface area contributed by atoms with Crippen molar-refractivity contribution in [3.05, 3.63) is 51.7 Å². The van der Waals surface area contributed by atoms with Crippen molar-refractivity contribution in [2.75, 3.05) is 7.05 Å². The fourth-order valence-electron chi connectivity index (χ4n) is 1.87. The van der Waals surface area contributed by atoms with Crippen LogP contribution in [0.4, 0.5) is 0 Å². The molecule has 0 bridgehead atoms. The Morgan fingerprint density at radius 2 is 1.74 bits per heavy atom. The molecule has 1 aromatic carbocycles. The summed E-state index contributed by atoms with van der Waals surface area (Å²) in [5.41, 5.74) is 1.35. The molecule has 2 rings (SSSR count). The molecule has 3 heteroatoms. The van der Waals surface area contributed by atoms with Gasteiger partial charge in [0.05, 0.1) is 0 Å². The minimum Gasteiger partial charge on any atom is -0.488 e. The summed E-state index contributed by atoms with van der Waals surface area (Å²) in [5.74, 6) is 1.50. The van der Waals surface area contributed by atoms with Crippen molar-refractivity contribution in [2.24, 2.45) is 0 Å². The molecule has 0 atom stereocenters. The summed E-state index contributed by atoms with van der Waals surface area (Å²) in [6.45, 7) is 5.97. The maximum Gasteiger partial charge on any atom is 0.122 e. The van der Waals surface area contributed by atoms with Gasteiger partial charge in [-0.2, -0.15) is 0 Å². The molecular weight excluding hydrogens is 254 g/mol. The summed E-state index contributed by atoms with van der Waals surface area (Å²) in [7, 11) is 1.96. The molecule has 0 saturated heterocycles. The maximum absolute atomic E-state index is 5.81. The van der Waals surface area contributed by atoms with E-state index >= 15 is 0 Å². The molecule has 0 spiro atoms. The fraction of sp³-hybridized carbons (Fsp3) is 0.375. The Bertz CT molecular complexity index is 502. The quantitative estimate of drug-likeness (QED) is 0.854. The topological polar surface area (TPSA) is 21.3 Å². The zero-order valence-corrected chi connectivity index (χ0v) is 12.6. The monoisotopic (exact) mass is 275 g/mol. The molecule has 0 fully saturated rings. The normalized spacial score (nSPS) is 10.9. The van der Waals surface area contributed by atoms with Gasteiger partial charge in [0.25, 0.3) is 0 Å². The highest BCUT2D eigenvalue weighted by Gasteiger charge is 2.02. The summed E-state index contributed by atoms with van der Waals surface area (Å²) < 4.78 is 5.81. The van der Waals surface area contributed by atoms with Crippen molar-refractivity contribution in [1.82, 2.24) is 5.32 Å². The van der Waals surface area contributed by atoms with Gasteiger partial charge in [0, 0.05) is 16.3 Å². The molecule has 1 N–H and O–H groups in total. The lowest BCUT2D eigenvalue weighted by Gasteiger charge is -2.08. The molecule has 2 nitrogen and oxygen atoms in total. The van der Waals surface area contributed by atoms with Crippen molar-refractivity contribution >= 4 is 11.3 Å². The first-order valence-electron chi connectivity index (χ1n) is 6.64. The van der Waals surface area contributed by atoms with Gasteiger partial charge in [-0.05, 0) is 42.8 Å². The van der Waals surface area contributed by atoms with E-state index in [9.17, 15) is 0 Å². The zero-order chi connectivity index (χ0) is 13.7. The van der Waals surface area contributed by atoms with E-state index in [1.807, 2.05) is 7.05 Å². The summed E-state index contributed by atoms with van der Waals surface area (Å²) >= 11 is 1.80. The highest BCUT2D eigenvalue weighted by molar-refractivity contribution is 7.11. The van der Waals surface area contributed by atoms with Crippen LogP contribution < -0.4 is 10.1 Å². The molecule has 0 radical (unpaired) electrons. The Labute approximate surface area is 119 Å². The molecule has 102 valence electrons. The maximum atomic E-state index is 5.81. The van der Waals surface area contributed by atoms with E-state index in [1.54, 1.807) is 11.3 Å². The van der Waals surface area contributed by atoms with Gasteiger partial charge in [0.1, 0.15) is 12.4 Å². The van der Waals surface area contributed by atoms with Crippen LogP contribution in [0.2, 0.25) is 0 Å². The number of thiophene rings is 1. The van der Waals surface area contributed by atoms with E-state index in [1.165, 1.54) is 15.3 Å². The lowest BCUT2D eigenvalue weighted by atomic mass is 10.0. The van der Waals surface area contributed by atoms with Gasteiger partial charge < -0.3 is 10.1 Å². The molecule has 0 aliphatic carbocycles. The molecule has 0 saturated carbocycles. The second-order valence-electron chi connectivity index (χ2n) is 4.91.